The van der Waals surface area contributed by atoms with Crippen LogP contribution in [0.2, 0.25) is 0 Å². The van der Waals surface area contributed by atoms with Gasteiger partial charge in [0.2, 0.25) is 0 Å². The van der Waals surface area contributed by atoms with Crippen LogP contribution in [0.4, 0.5) is 5.82 Å². The topological polar surface area (TPSA) is 61.9 Å². The Kier molecular flexibility index (Phi) is 2.36. The van der Waals surface area contributed by atoms with Gasteiger partial charge in [-0.05, 0) is 18.6 Å². The number of nitrogens with one attached hydrogen (secondary N) is 1. The van der Waals surface area contributed by atoms with Crippen molar-refractivity contribution in [1.29, 1.82) is 0 Å². The van der Waals surface area contributed by atoms with E-state index in [2.05, 4.69) is 19.9 Å². The molecular weight excluding hydrogens is 216 g/mol. The molecule has 17 heavy (non-hydrogen) atoms. The molecule has 0 saturated carbocycles. The van der Waals surface area contributed by atoms with E-state index in [1.807, 2.05) is 18.2 Å². The molecule has 1 aliphatic rings. The van der Waals surface area contributed by atoms with Crippen LogP contribution in [-0.2, 0) is 13.0 Å². The van der Waals surface area contributed by atoms with E-state index in [1.165, 1.54) is 6.33 Å². The zero-order valence-electron chi connectivity index (χ0n) is 9.26. The minimum atomic E-state index is -0.0179. The fourth-order valence-corrected chi connectivity index (χ4v) is 2.10. The molecule has 2 aromatic rings. The summed E-state index contributed by atoms with van der Waals surface area (Å²) < 4.78 is 0. The maximum atomic E-state index is 11.6. The Hall–Kier alpha value is -2.17. The summed E-state index contributed by atoms with van der Waals surface area (Å²) in [6, 6.07) is 5.82. The second kappa shape index (κ2) is 4.01. The molecule has 0 amide bonds. The summed E-state index contributed by atoms with van der Waals surface area (Å²) >= 11 is 0. The highest BCUT2D eigenvalue weighted by Crippen LogP contribution is 2.18. The number of hydrogen-bond acceptors (Lipinski definition) is 4. The van der Waals surface area contributed by atoms with Crippen LogP contribution in [0.15, 0.2) is 35.5 Å². The molecule has 0 saturated heterocycles. The molecule has 1 aliphatic heterocycles. The third kappa shape index (κ3) is 1.80. The summed E-state index contributed by atoms with van der Waals surface area (Å²) in [6.07, 6.45) is 3.95. The maximum Gasteiger partial charge on any atom is 0.254 e. The molecular formula is C12H12N4O. The molecule has 5 heteroatoms. The molecule has 0 aliphatic carbocycles. The van der Waals surface area contributed by atoms with E-state index in [-0.39, 0.29) is 5.56 Å². The average molecular weight is 228 g/mol. The van der Waals surface area contributed by atoms with Crippen molar-refractivity contribution in [3.8, 4) is 0 Å². The van der Waals surface area contributed by atoms with Crippen molar-refractivity contribution in [1.82, 2.24) is 15.0 Å². The van der Waals surface area contributed by atoms with Crippen molar-refractivity contribution < 1.29 is 0 Å². The number of rotatable bonds is 1. The Morgan fingerprint density at radius 2 is 2.24 bits per heavy atom. The molecule has 5 nitrogen and oxygen atoms in total. The minimum Gasteiger partial charge on any atom is -0.350 e. The second-order valence-electron chi connectivity index (χ2n) is 4.02. The number of pyridine rings is 1. The van der Waals surface area contributed by atoms with Gasteiger partial charge in [0, 0.05) is 18.3 Å². The number of H-pyrrole nitrogens is 1. The number of aromatic nitrogens is 3. The summed E-state index contributed by atoms with van der Waals surface area (Å²) in [5.41, 5.74) is 1.64. The van der Waals surface area contributed by atoms with E-state index in [4.69, 9.17) is 0 Å². The lowest BCUT2D eigenvalue weighted by atomic mass is 10.1. The van der Waals surface area contributed by atoms with Gasteiger partial charge in [-0.25, -0.2) is 9.97 Å². The minimum absolute atomic E-state index is 0.0179. The van der Waals surface area contributed by atoms with Gasteiger partial charge in [0.15, 0.2) is 0 Å². The summed E-state index contributed by atoms with van der Waals surface area (Å²) in [4.78, 5) is 24.9. The number of nitrogens with zero attached hydrogens (tertiary/aromatic N) is 3. The average Bonchev–Trinajstić information content (AvgIpc) is 2.40. The fraction of sp³-hybridized carbons (Fsp3) is 0.250. The van der Waals surface area contributed by atoms with Gasteiger partial charge >= 0.3 is 0 Å². The molecule has 0 radical (unpaired) electrons. The quantitative estimate of drug-likeness (QED) is 0.781. The van der Waals surface area contributed by atoms with Crippen LogP contribution in [0.3, 0.4) is 0 Å². The van der Waals surface area contributed by atoms with Gasteiger partial charge in [-0.1, -0.05) is 6.07 Å². The van der Waals surface area contributed by atoms with Gasteiger partial charge in [-0.15, -0.1) is 0 Å². The van der Waals surface area contributed by atoms with E-state index < -0.39 is 0 Å². The van der Waals surface area contributed by atoms with Crippen LogP contribution in [0.5, 0.6) is 0 Å². The summed E-state index contributed by atoms with van der Waals surface area (Å²) in [5, 5.41) is 0. The summed E-state index contributed by atoms with van der Waals surface area (Å²) in [5.74, 6) is 0.931. The first-order valence-electron chi connectivity index (χ1n) is 5.56. The van der Waals surface area contributed by atoms with Crippen molar-refractivity contribution >= 4 is 5.82 Å². The lowest BCUT2D eigenvalue weighted by Crippen LogP contribution is -2.35. The smallest absolute Gasteiger partial charge is 0.254 e. The zero-order valence-corrected chi connectivity index (χ0v) is 9.26. The van der Waals surface area contributed by atoms with E-state index in [0.717, 1.165) is 30.0 Å². The Labute approximate surface area is 98.2 Å². The van der Waals surface area contributed by atoms with Crippen molar-refractivity contribution in [2.45, 2.75) is 13.0 Å². The second-order valence-corrected chi connectivity index (χ2v) is 4.02. The Balaban J connectivity index is 1.94. The third-order valence-corrected chi connectivity index (χ3v) is 2.98. The fourth-order valence-electron chi connectivity index (χ4n) is 2.10. The molecule has 0 aromatic carbocycles. The highest BCUT2D eigenvalue weighted by Gasteiger charge is 2.20. The van der Waals surface area contributed by atoms with Gasteiger partial charge in [0.25, 0.3) is 5.56 Å². The van der Waals surface area contributed by atoms with Crippen LogP contribution in [0, 0.1) is 0 Å². The van der Waals surface area contributed by atoms with Crippen molar-refractivity contribution in [3.05, 3.63) is 52.3 Å². The van der Waals surface area contributed by atoms with Gasteiger partial charge in [0.1, 0.15) is 5.82 Å². The monoisotopic (exact) mass is 228 g/mol. The molecule has 86 valence electrons. The number of hydrogen-bond donors (Lipinski definition) is 1. The van der Waals surface area contributed by atoms with Gasteiger partial charge in [-0.2, -0.15) is 0 Å². The van der Waals surface area contributed by atoms with Gasteiger partial charge < -0.3 is 9.88 Å². The molecule has 0 spiro atoms. The largest absolute Gasteiger partial charge is 0.350 e. The molecule has 3 heterocycles. The van der Waals surface area contributed by atoms with Crippen molar-refractivity contribution in [3.63, 3.8) is 0 Å². The maximum absolute atomic E-state index is 11.6. The third-order valence-electron chi connectivity index (χ3n) is 2.98. The Morgan fingerprint density at radius 3 is 3.06 bits per heavy atom. The van der Waals surface area contributed by atoms with Crippen LogP contribution >= 0.6 is 0 Å². The standard InChI is InChI=1S/C12H12N4O/c17-12-9-4-6-16(7-10(9)14-8-15-12)11-3-1-2-5-13-11/h1-3,5,8H,4,6-7H2,(H,14,15,17). The molecule has 1 N–H and O–H groups in total. The number of anilines is 1. The predicted molar refractivity (Wildman–Crippen MR) is 63.8 cm³/mol. The van der Waals surface area contributed by atoms with Crippen LogP contribution in [-0.4, -0.2) is 21.5 Å². The first kappa shape index (κ1) is 10.0. The molecule has 0 bridgehead atoms. The summed E-state index contributed by atoms with van der Waals surface area (Å²) in [7, 11) is 0. The first-order chi connectivity index (χ1) is 8.34. The lowest BCUT2D eigenvalue weighted by molar-refractivity contribution is 0.688. The highest BCUT2D eigenvalue weighted by molar-refractivity contribution is 5.41. The van der Waals surface area contributed by atoms with Crippen LogP contribution < -0.4 is 10.5 Å². The normalized spacial score (nSPS) is 14.5. The van der Waals surface area contributed by atoms with E-state index in [1.54, 1.807) is 6.20 Å². The molecule has 0 fully saturated rings. The highest BCUT2D eigenvalue weighted by atomic mass is 16.1. The molecule has 0 atom stereocenters. The van der Waals surface area contributed by atoms with Gasteiger partial charge in [0.05, 0.1) is 18.6 Å². The lowest BCUT2D eigenvalue weighted by Gasteiger charge is -2.28. The first-order valence-corrected chi connectivity index (χ1v) is 5.56. The van der Waals surface area contributed by atoms with Gasteiger partial charge in [-0.3, -0.25) is 4.79 Å². The SMILES string of the molecule is O=c1[nH]cnc2c1CCN(c1ccccn1)C2. The Bertz CT molecular complexity index is 579. The van der Waals surface area contributed by atoms with Crippen LogP contribution in [0.25, 0.3) is 0 Å². The predicted octanol–water partition coefficient (Wildman–Crippen LogP) is 0.728. The van der Waals surface area contributed by atoms with E-state index in [9.17, 15) is 4.79 Å². The summed E-state index contributed by atoms with van der Waals surface area (Å²) in [6.45, 7) is 1.45. The van der Waals surface area contributed by atoms with Crippen molar-refractivity contribution in [2.75, 3.05) is 11.4 Å². The number of aromatic amines is 1. The van der Waals surface area contributed by atoms with E-state index >= 15 is 0 Å². The van der Waals surface area contributed by atoms with E-state index in [0.29, 0.717) is 6.54 Å². The zero-order chi connectivity index (χ0) is 11.7. The Morgan fingerprint density at radius 1 is 1.29 bits per heavy atom. The molecule has 3 rings (SSSR count). The van der Waals surface area contributed by atoms with Crippen LogP contribution in [0.1, 0.15) is 11.3 Å². The number of fused-ring (bicyclic) bond motifs is 1. The molecule has 2 aromatic heterocycles. The van der Waals surface area contributed by atoms with Crippen molar-refractivity contribution in [2.24, 2.45) is 0 Å². The molecule has 0 unspecified atom stereocenters.